The first-order valence-electron chi connectivity index (χ1n) is 7.98. The second-order valence-electron chi connectivity index (χ2n) is 6.24. The van der Waals surface area contributed by atoms with Gasteiger partial charge in [0, 0.05) is 18.3 Å². The van der Waals surface area contributed by atoms with Crippen molar-refractivity contribution in [2.24, 2.45) is 5.41 Å². The minimum absolute atomic E-state index is 0.215. The van der Waals surface area contributed by atoms with Crippen LogP contribution in [0.25, 0.3) is 0 Å². The molecular weight excluding hydrogens is 288 g/mol. The predicted octanol–water partition coefficient (Wildman–Crippen LogP) is 2.61. The van der Waals surface area contributed by atoms with Crippen molar-refractivity contribution < 1.29 is 14.7 Å². The lowest BCUT2D eigenvalue weighted by Crippen LogP contribution is -2.49. The molecule has 1 saturated heterocycles. The van der Waals surface area contributed by atoms with Gasteiger partial charge in [0.05, 0.1) is 5.41 Å². The molecule has 0 aromatic heterocycles. The molecule has 3 N–H and O–H groups in total. The van der Waals surface area contributed by atoms with Gasteiger partial charge in [0.15, 0.2) is 0 Å². The molecule has 1 aliphatic carbocycles. The third-order valence-corrected chi connectivity index (χ3v) is 5.81. The van der Waals surface area contributed by atoms with Gasteiger partial charge in [0.2, 0.25) is 0 Å². The number of amides is 2. The summed E-state index contributed by atoms with van der Waals surface area (Å²) in [6.45, 7) is 0.244. The molecule has 0 radical (unpaired) electrons. The summed E-state index contributed by atoms with van der Waals surface area (Å²) in [6, 6.07) is 0.00559. The number of hydrogen-bond acceptors (Lipinski definition) is 3. The first-order chi connectivity index (χ1) is 10.1. The molecule has 1 aliphatic heterocycles. The zero-order chi connectivity index (χ0) is 15.1. The lowest BCUT2D eigenvalue weighted by Gasteiger charge is -2.29. The Labute approximate surface area is 130 Å². The highest BCUT2D eigenvalue weighted by Crippen LogP contribution is 2.34. The molecule has 1 atom stereocenters. The molecule has 1 heterocycles. The summed E-state index contributed by atoms with van der Waals surface area (Å²) in [7, 11) is 0. The molecule has 1 saturated carbocycles. The summed E-state index contributed by atoms with van der Waals surface area (Å²) in [5.74, 6) is 1.36. The first kappa shape index (κ1) is 16.5. The summed E-state index contributed by atoms with van der Waals surface area (Å²) < 4.78 is 0. The van der Waals surface area contributed by atoms with E-state index in [4.69, 9.17) is 0 Å². The first-order valence-corrected chi connectivity index (χ1v) is 9.13. The molecule has 21 heavy (non-hydrogen) atoms. The van der Waals surface area contributed by atoms with Crippen LogP contribution in [0.1, 0.15) is 51.4 Å². The van der Waals surface area contributed by atoms with Gasteiger partial charge in [0.1, 0.15) is 0 Å². The molecule has 0 aromatic rings. The van der Waals surface area contributed by atoms with Crippen LogP contribution in [-0.2, 0) is 4.79 Å². The molecule has 2 amide bonds. The quantitative estimate of drug-likeness (QED) is 0.697. The van der Waals surface area contributed by atoms with Gasteiger partial charge in [-0.2, -0.15) is 11.8 Å². The maximum Gasteiger partial charge on any atom is 0.315 e. The van der Waals surface area contributed by atoms with Crippen molar-refractivity contribution in [2.45, 2.75) is 57.4 Å². The Hall–Kier alpha value is -0.910. The van der Waals surface area contributed by atoms with Crippen LogP contribution in [0.4, 0.5) is 4.79 Å². The predicted molar refractivity (Wildman–Crippen MR) is 84.7 cm³/mol. The zero-order valence-electron chi connectivity index (χ0n) is 12.5. The third-order valence-electron chi connectivity index (χ3n) is 4.60. The van der Waals surface area contributed by atoms with Crippen molar-refractivity contribution in [1.29, 1.82) is 0 Å². The molecule has 0 aromatic carbocycles. The number of urea groups is 1. The highest BCUT2D eigenvalue weighted by atomic mass is 32.2. The minimum Gasteiger partial charge on any atom is -0.481 e. The van der Waals surface area contributed by atoms with Gasteiger partial charge in [-0.1, -0.05) is 25.7 Å². The number of rotatable bonds is 4. The van der Waals surface area contributed by atoms with E-state index in [2.05, 4.69) is 10.6 Å². The highest BCUT2D eigenvalue weighted by molar-refractivity contribution is 7.99. The SMILES string of the molecule is O=C(NCC1(C(=O)O)CCCCCC1)NC1CCCSC1. The Morgan fingerprint density at radius 3 is 2.43 bits per heavy atom. The average molecular weight is 314 g/mol. The van der Waals surface area contributed by atoms with E-state index in [1.165, 1.54) is 5.75 Å². The van der Waals surface area contributed by atoms with E-state index in [0.29, 0.717) is 12.8 Å². The molecule has 2 fully saturated rings. The van der Waals surface area contributed by atoms with Gasteiger partial charge in [0.25, 0.3) is 0 Å². The minimum atomic E-state index is -0.769. The number of carbonyl (C=O) groups excluding carboxylic acids is 1. The van der Waals surface area contributed by atoms with Gasteiger partial charge in [-0.3, -0.25) is 4.79 Å². The zero-order valence-corrected chi connectivity index (χ0v) is 13.3. The van der Waals surface area contributed by atoms with E-state index < -0.39 is 11.4 Å². The number of aliphatic carboxylic acids is 1. The van der Waals surface area contributed by atoms with E-state index in [9.17, 15) is 14.7 Å². The fraction of sp³-hybridized carbons (Fsp3) is 0.867. The van der Waals surface area contributed by atoms with Gasteiger partial charge >= 0.3 is 12.0 Å². The van der Waals surface area contributed by atoms with Crippen LogP contribution in [0.5, 0.6) is 0 Å². The van der Waals surface area contributed by atoms with Crippen LogP contribution in [-0.4, -0.2) is 41.2 Å². The Morgan fingerprint density at radius 2 is 1.86 bits per heavy atom. The lowest BCUT2D eigenvalue weighted by molar-refractivity contribution is -0.149. The summed E-state index contributed by atoms with van der Waals surface area (Å²) in [4.78, 5) is 23.6. The van der Waals surface area contributed by atoms with Crippen molar-refractivity contribution in [3.8, 4) is 0 Å². The number of hydrogen-bond donors (Lipinski definition) is 3. The maximum absolute atomic E-state index is 12.0. The number of carboxylic acids is 1. The van der Waals surface area contributed by atoms with E-state index in [0.717, 1.165) is 44.3 Å². The topological polar surface area (TPSA) is 78.4 Å². The van der Waals surface area contributed by atoms with Crippen molar-refractivity contribution in [3.63, 3.8) is 0 Å². The largest absolute Gasteiger partial charge is 0.481 e. The molecular formula is C15H26N2O3S. The summed E-state index contributed by atoms with van der Waals surface area (Å²) in [6.07, 6.45) is 7.56. The van der Waals surface area contributed by atoms with Crippen LogP contribution in [0, 0.1) is 5.41 Å². The molecule has 0 bridgehead atoms. The fourth-order valence-electron chi connectivity index (χ4n) is 3.21. The van der Waals surface area contributed by atoms with E-state index in [-0.39, 0.29) is 18.6 Å². The Balaban J connectivity index is 1.83. The molecule has 2 aliphatic rings. The third kappa shape index (κ3) is 4.80. The van der Waals surface area contributed by atoms with Crippen LogP contribution in [0.15, 0.2) is 0 Å². The fourth-order valence-corrected chi connectivity index (χ4v) is 4.28. The average Bonchev–Trinajstić information content (AvgIpc) is 2.73. The van der Waals surface area contributed by atoms with Crippen LogP contribution >= 0.6 is 11.8 Å². The monoisotopic (exact) mass is 314 g/mol. The molecule has 0 spiro atoms. The highest BCUT2D eigenvalue weighted by Gasteiger charge is 2.39. The summed E-state index contributed by atoms with van der Waals surface area (Å²) in [5, 5.41) is 15.3. The second kappa shape index (κ2) is 7.92. The number of carboxylic acid groups (broad SMARTS) is 1. The van der Waals surface area contributed by atoms with E-state index in [1.807, 2.05) is 11.8 Å². The Bertz CT molecular complexity index is 362. The van der Waals surface area contributed by atoms with Crippen molar-refractivity contribution in [2.75, 3.05) is 18.1 Å². The number of carbonyl (C=O) groups is 2. The van der Waals surface area contributed by atoms with E-state index >= 15 is 0 Å². The Kier molecular flexibility index (Phi) is 6.21. The van der Waals surface area contributed by atoms with Gasteiger partial charge in [-0.25, -0.2) is 4.79 Å². The lowest BCUT2D eigenvalue weighted by atomic mass is 9.80. The van der Waals surface area contributed by atoms with Crippen molar-refractivity contribution in [1.82, 2.24) is 10.6 Å². The van der Waals surface area contributed by atoms with Gasteiger partial charge in [-0.15, -0.1) is 0 Å². The molecule has 6 heteroatoms. The van der Waals surface area contributed by atoms with Crippen LogP contribution in [0.2, 0.25) is 0 Å². The van der Waals surface area contributed by atoms with Crippen LogP contribution in [0.3, 0.4) is 0 Å². The smallest absolute Gasteiger partial charge is 0.315 e. The van der Waals surface area contributed by atoms with Gasteiger partial charge in [-0.05, 0) is 31.4 Å². The number of thioether (sulfide) groups is 1. The van der Waals surface area contributed by atoms with Crippen molar-refractivity contribution in [3.05, 3.63) is 0 Å². The maximum atomic E-state index is 12.0. The molecule has 5 nitrogen and oxygen atoms in total. The standard InChI is InChI=1S/C15H26N2O3S/c18-13(19)15(7-3-1-2-4-8-15)11-16-14(20)17-12-6-5-9-21-10-12/h12H,1-11H2,(H,18,19)(H2,16,17,20). The normalized spacial score (nSPS) is 25.6. The van der Waals surface area contributed by atoms with E-state index in [1.54, 1.807) is 0 Å². The molecule has 2 rings (SSSR count). The Morgan fingerprint density at radius 1 is 1.14 bits per heavy atom. The molecule has 120 valence electrons. The molecule has 1 unspecified atom stereocenters. The second-order valence-corrected chi connectivity index (χ2v) is 7.39. The van der Waals surface area contributed by atoms with Gasteiger partial charge < -0.3 is 15.7 Å². The van der Waals surface area contributed by atoms with Crippen molar-refractivity contribution >= 4 is 23.8 Å². The van der Waals surface area contributed by atoms with Crippen LogP contribution < -0.4 is 10.6 Å². The summed E-state index contributed by atoms with van der Waals surface area (Å²) in [5.41, 5.74) is -0.769. The summed E-state index contributed by atoms with van der Waals surface area (Å²) >= 11 is 1.86. The number of nitrogens with one attached hydrogen (secondary N) is 2.